The minimum absolute atomic E-state index is 0.185. The van der Waals surface area contributed by atoms with Gasteiger partial charge >= 0.3 is 6.18 Å². The maximum Gasteiger partial charge on any atom is 0.391 e. The van der Waals surface area contributed by atoms with E-state index >= 15 is 0 Å². The zero-order chi connectivity index (χ0) is 10.1. The maximum absolute atomic E-state index is 11.8. The van der Waals surface area contributed by atoms with Crippen LogP contribution in [0.2, 0.25) is 0 Å². The molecule has 13 heavy (non-hydrogen) atoms. The lowest BCUT2D eigenvalue weighted by atomic mass is 10.2. The van der Waals surface area contributed by atoms with Gasteiger partial charge in [0.15, 0.2) is 0 Å². The number of hydrogen-bond donors (Lipinski definition) is 1. The number of nitrogens with two attached hydrogens (primary N) is 1. The van der Waals surface area contributed by atoms with Crippen LogP contribution in [0, 0.1) is 6.92 Å². The molecular weight excluding hydrogens is 187 g/mol. The standard InChI is InChI=1S/C6H8F3N3O/c1-3-11-12-5(13-3)4(10)2-6(7,8)9/h4H,2,10H2,1H3. The molecule has 1 heterocycles. The molecule has 0 bridgehead atoms. The zero-order valence-electron chi connectivity index (χ0n) is 6.80. The van der Waals surface area contributed by atoms with E-state index in [0.717, 1.165) is 0 Å². The van der Waals surface area contributed by atoms with Crippen molar-refractivity contribution in [1.82, 2.24) is 10.2 Å². The van der Waals surface area contributed by atoms with Crippen LogP contribution in [-0.2, 0) is 0 Å². The Morgan fingerprint density at radius 3 is 2.46 bits per heavy atom. The molecule has 0 fully saturated rings. The van der Waals surface area contributed by atoms with Gasteiger partial charge in [0.1, 0.15) is 0 Å². The van der Waals surface area contributed by atoms with Gasteiger partial charge in [-0.2, -0.15) is 13.2 Å². The first kappa shape index (κ1) is 9.97. The number of aromatic nitrogens is 2. The largest absolute Gasteiger partial charge is 0.424 e. The third kappa shape index (κ3) is 3.02. The van der Waals surface area contributed by atoms with Gasteiger partial charge in [0, 0.05) is 6.92 Å². The van der Waals surface area contributed by atoms with Crippen molar-refractivity contribution in [1.29, 1.82) is 0 Å². The van der Waals surface area contributed by atoms with Crippen molar-refractivity contribution < 1.29 is 17.6 Å². The highest BCUT2D eigenvalue weighted by atomic mass is 19.4. The molecule has 1 aromatic heterocycles. The van der Waals surface area contributed by atoms with E-state index in [1.807, 2.05) is 0 Å². The maximum atomic E-state index is 11.8. The molecule has 1 aromatic rings. The number of nitrogens with zero attached hydrogens (tertiary/aromatic N) is 2. The Morgan fingerprint density at radius 2 is 2.08 bits per heavy atom. The molecule has 1 unspecified atom stereocenters. The highest BCUT2D eigenvalue weighted by molar-refractivity contribution is 4.88. The fourth-order valence-electron chi connectivity index (χ4n) is 0.798. The van der Waals surface area contributed by atoms with E-state index in [-0.39, 0.29) is 11.8 Å². The molecule has 7 heteroatoms. The van der Waals surface area contributed by atoms with Crippen molar-refractivity contribution in [3.63, 3.8) is 0 Å². The highest BCUT2D eigenvalue weighted by Gasteiger charge is 2.33. The van der Waals surface area contributed by atoms with Crippen molar-refractivity contribution in [2.75, 3.05) is 0 Å². The van der Waals surface area contributed by atoms with Crippen molar-refractivity contribution in [2.45, 2.75) is 25.6 Å². The fourth-order valence-corrected chi connectivity index (χ4v) is 0.798. The molecule has 0 aliphatic carbocycles. The molecule has 2 N–H and O–H groups in total. The smallest absolute Gasteiger partial charge is 0.391 e. The van der Waals surface area contributed by atoms with Crippen LogP contribution in [0.15, 0.2) is 4.42 Å². The zero-order valence-corrected chi connectivity index (χ0v) is 6.80. The molecule has 0 radical (unpaired) electrons. The van der Waals surface area contributed by atoms with Gasteiger partial charge < -0.3 is 10.2 Å². The van der Waals surface area contributed by atoms with Crippen molar-refractivity contribution in [3.05, 3.63) is 11.8 Å². The molecule has 1 atom stereocenters. The molecule has 74 valence electrons. The second-order valence-electron chi connectivity index (χ2n) is 2.59. The first-order valence-electron chi connectivity index (χ1n) is 3.51. The van der Waals surface area contributed by atoms with Gasteiger partial charge in [-0.3, -0.25) is 0 Å². The van der Waals surface area contributed by atoms with Crippen LogP contribution in [0.4, 0.5) is 13.2 Å². The van der Waals surface area contributed by atoms with E-state index in [0.29, 0.717) is 0 Å². The molecule has 0 saturated carbocycles. The van der Waals surface area contributed by atoms with Gasteiger partial charge in [-0.25, -0.2) is 0 Å². The van der Waals surface area contributed by atoms with E-state index in [1.54, 1.807) is 0 Å². The Kier molecular flexibility index (Phi) is 2.55. The molecule has 0 aliphatic heterocycles. The second-order valence-corrected chi connectivity index (χ2v) is 2.59. The van der Waals surface area contributed by atoms with Crippen molar-refractivity contribution >= 4 is 0 Å². The van der Waals surface area contributed by atoms with E-state index in [4.69, 9.17) is 10.2 Å². The molecule has 0 aromatic carbocycles. The summed E-state index contributed by atoms with van der Waals surface area (Å²) in [6.07, 6.45) is -5.48. The first-order chi connectivity index (χ1) is 5.88. The molecule has 0 aliphatic rings. The van der Waals surface area contributed by atoms with Crippen molar-refractivity contribution in [2.24, 2.45) is 5.73 Å². The molecule has 4 nitrogen and oxygen atoms in total. The Balaban J connectivity index is 2.64. The molecular formula is C6H8F3N3O. The summed E-state index contributed by atoms with van der Waals surface area (Å²) in [6, 6.07) is -1.28. The molecule has 0 saturated heterocycles. The van der Waals surface area contributed by atoms with Gasteiger partial charge in [-0.15, -0.1) is 10.2 Å². The molecule has 0 amide bonds. The lowest BCUT2D eigenvalue weighted by Gasteiger charge is -2.09. The lowest BCUT2D eigenvalue weighted by molar-refractivity contribution is -0.139. The number of aryl methyl sites for hydroxylation is 1. The molecule has 1 rings (SSSR count). The summed E-state index contributed by atoms with van der Waals surface area (Å²) in [5.41, 5.74) is 5.18. The van der Waals surface area contributed by atoms with Gasteiger partial charge in [0.05, 0.1) is 12.5 Å². The van der Waals surface area contributed by atoms with Gasteiger partial charge in [-0.05, 0) is 0 Å². The summed E-state index contributed by atoms with van der Waals surface area (Å²) in [6.45, 7) is 1.48. The topological polar surface area (TPSA) is 64.9 Å². The van der Waals surface area contributed by atoms with Crippen LogP contribution in [0.25, 0.3) is 0 Å². The SMILES string of the molecule is Cc1nnc(C(N)CC(F)(F)F)o1. The Hall–Kier alpha value is -1.11. The minimum Gasteiger partial charge on any atom is -0.424 e. The average Bonchev–Trinajstić information content (AvgIpc) is 2.31. The van der Waals surface area contributed by atoms with Crippen LogP contribution in [0.3, 0.4) is 0 Å². The first-order valence-corrected chi connectivity index (χ1v) is 3.51. The normalized spacial score (nSPS) is 14.5. The van der Waals surface area contributed by atoms with Gasteiger partial charge in [0.25, 0.3) is 0 Å². The number of alkyl halides is 3. The van der Waals surface area contributed by atoms with Crippen LogP contribution < -0.4 is 5.73 Å². The number of hydrogen-bond acceptors (Lipinski definition) is 4. The average molecular weight is 195 g/mol. The summed E-state index contributed by atoms with van der Waals surface area (Å²) in [4.78, 5) is 0. The second kappa shape index (κ2) is 3.33. The fraction of sp³-hybridized carbons (Fsp3) is 0.667. The van der Waals surface area contributed by atoms with E-state index in [9.17, 15) is 13.2 Å². The quantitative estimate of drug-likeness (QED) is 0.773. The van der Waals surface area contributed by atoms with Gasteiger partial charge in [0.2, 0.25) is 11.8 Å². The number of rotatable bonds is 2. The minimum atomic E-state index is -4.32. The Morgan fingerprint density at radius 1 is 1.46 bits per heavy atom. The van der Waals surface area contributed by atoms with Crippen LogP contribution >= 0.6 is 0 Å². The predicted octanol–water partition coefficient (Wildman–Crippen LogP) is 1.33. The third-order valence-electron chi connectivity index (χ3n) is 1.31. The summed E-state index contributed by atoms with van der Waals surface area (Å²) in [5, 5.41) is 6.76. The van der Waals surface area contributed by atoms with Crippen molar-refractivity contribution in [3.8, 4) is 0 Å². The molecule has 0 spiro atoms. The van der Waals surface area contributed by atoms with E-state index in [1.165, 1.54) is 6.92 Å². The van der Waals surface area contributed by atoms with Crippen LogP contribution in [0.5, 0.6) is 0 Å². The van der Waals surface area contributed by atoms with E-state index in [2.05, 4.69) is 10.2 Å². The third-order valence-corrected chi connectivity index (χ3v) is 1.31. The Bertz CT molecular complexity index is 283. The van der Waals surface area contributed by atoms with Crippen LogP contribution in [0.1, 0.15) is 24.2 Å². The monoisotopic (exact) mass is 195 g/mol. The Labute approximate surface area is 71.9 Å². The summed E-state index contributed by atoms with van der Waals surface area (Å²) >= 11 is 0. The predicted molar refractivity (Wildman–Crippen MR) is 36.6 cm³/mol. The summed E-state index contributed by atoms with van der Waals surface area (Å²) in [7, 11) is 0. The summed E-state index contributed by atoms with van der Waals surface area (Å²) < 4.78 is 40.2. The van der Waals surface area contributed by atoms with E-state index < -0.39 is 18.6 Å². The highest BCUT2D eigenvalue weighted by Crippen LogP contribution is 2.26. The van der Waals surface area contributed by atoms with Gasteiger partial charge in [-0.1, -0.05) is 0 Å². The number of halogens is 3. The van der Waals surface area contributed by atoms with Crippen LogP contribution in [-0.4, -0.2) is 16.4 Å². The lowest BCUT2D eigenvalue weighted by Crippen LogP contribution is -2.20. The summed E-state index contributed by atoms with van der Waals surface area (Å²) in [5.74, 6) is 0.0162.